The van der Waals surface area contributed by atoms with Crippen molar-refractivity contribution in [3.05, 3.63) is 109 Å². The van der Waals surface area contributed by atoms with E-state index < -0.39 is 0 Å². The Labute approximate surface area is 224 Å². The zero-order chi connectivity index (χ0) is 25.3. The number of benzene rings is 4. The molecule has 4 heteroatoms. The predicted molar refractivity (Wildman–Crippen MR) is 156 cm³/mol. The van der Waals surface area contributed by atoms with Crippen LogP contribution in [0.15, 0.2) is 109 Å². The van der Waals surface area contributed by atoms with E-state index in [0.717, 1.165) is 52.4 Å². The smallest absolute Gasteiger partial charge is 0.213 e. The van der Waals surface area contributed by atoms with Gasteiger partial charge in [-0.15, -0.1) is 0 Å². The molecule has 1 aliphatic heterocycles. The molecule has 1 fully saturated rings. The molecule has 4 nitrogen and oxygen atoms in total. The minimum absolute atomic E-state index is 1.02. The lowest BCUT2D eigenvalue weighted by molar-refractivity contribution is -0.670. The maximum absolute atomic E-state index is 2.63. The molecule has 0 aliphatic carbocycles. The quantitative estimate of drug-likeness (QED) is 0.232. The molecule has 4 aromatic carbocycles. The van der Waals surface area contributed by atoms with Crippen LogP contribution < -0.4 is 9.13 Å². The first-order valence-electron chi connectivity index (χ1n) is 13.9. The second kappa shape index (κ2) is 10.1. The third-order valence-electron chi connectivity index (χ3n) is 8.30. The molecule has 0 saturated carbocycles. The van der Waals surface area contributed by atoms with Crippen LogP contribution in [0.3, 0.4) is 0 Å². The monoisotopic (exact) mass is 498 g/mol. The van der Waals surface area contributed by atoms with Gasteiger partial charge in [-0.25, -0.2) is 0 Å². The van der Waals surface area contributed by atoms with Crippen molar-refractivity contribution < 1.29 is 9.13 Å². The molecule has 38 heavy (non-hydrogen) atoms. The van der Waals surface area contributed by atoms with Crippen LogP contribution in [0.1, 0.15) is 0 Å². The zero-order valence-electron chi connectivity index (χ0n) is 21.8. The Hall–Kier alpha value is -3.86. The summed E-state index contributed by atoms with van der Waals surface area (Å²) in [5.74, 6) is 0. The highest BCUT2D eigenvalue weighted by Gasteiger charge is 2.21. The molecule has 6 aromatic rings. The first-order chi connectivity index (χ1) is 18.8. The number of hydrogen-bond donors (Lipinski definition) is 0. The summed E-state index contributed by atoms with van der Waals surface area (Å²) in [5, 5.41) is 7.99. The normalized spacial score (nSPS) is 15.2. The molecule has 0 unspecified atom stereocenters. The van der Waals surface area contributed by atoms with Crippen LogP contribution in [0.4, 0.5) is 0 Å². The first-order valence-corrected chi connectivity index (χ1v) is 13.9. The van der Waals surface area contributed by atoms with Crippen molar-refractivity contribution in [3.63, 3.8) is 0 Å². The lowest BCUT2D eigenvalue weighted by Gasteiger charge is -2.33. The SMILES string of the molecule is c1ccc2c(c1)c[n+](CCN1CCN(CC[n+]3cc4ccccc4c4ccccc43)CC1)c1ccccc21. The van der Waals surface area contributed by atoms with Crippen LogP contribution in [0.25, 0.3) is 43.4 Å². The van der Waals surface area contributed by atoms with E-state index in [4.69, 9.17) is 0 Å². The number of hydrogen-bond acceptors (Lipinski definition) is 2. The number of rotatable bonds is 6. The molecule has 7 rings (SSSR count). The molecule has 0 amide bonds. The molecule has 0 radical (unpaired) electrons. The van der Waals surface area contributed by atoms with Crippen molar-refractivity contribution in [2.24, 2.45) is 0 Å². The molecule has 188 valence electrons. The van der Waals surface area contributed by atoms with E-state index in [1.165, 1.54) is 43.4 Å². The predicted octanol–water partition coefficient (Wildman–Crippen LogP) is 5.19. The summed E-state index contributed by atoms with van der Waals surface area (Å²) in [6.45, 7) is 8.75. The highest BCUT2D eigenvalue weighted by atomic mass is 15.3. The van der Waals surface area contributed by atoms with Gasteiger partial charge in [-0.05, 0) is 24.3 Å². The van der Waals surface area contributed by atoms with Crippen molar-refractivity contribution in [2.75, 3.05) is 39.3 Å². The Morgan fingerprint density at radius 1 is 0.447 bits per heavy atom. The van der Waals surface area contributed by atoms with E-state index in [9.17, 15) is 0 Å². The second-order valence-corrected chi connectivity index (χ2v) is 10.5. The van der Waals surface area contributed by atoms with Crippen LogP contribution in [0.5, 0.6) is 0 Å². The molecule has 3 heterocycles. The van der Waals surface area contributed by atoms with Crippen LogP contribution >= 0.6 is 0 Å². The van der Waals surface area contributed by atoms with Gasteiger partial charge in [0, 0.05) is 59.9 Å². The number of pyridine rings is 2. The summed E-state index contributed by atoms with van der Waals surface area (Å²) < 4.78 is 4.90. The second-order valence-electron chi connectivity index (χ2n) is 10.5. The van der Waals surface area contributed by atoms with Crippen LogP contribution in [0.2, 0.25) is 0 Å². The molecular formula is C34H34N4+2. The van der Waals surface area contributed by atoms with Crippen molar-refractivity contribution in [2.45, 2.75) is 13.1 Å². The molecule has 0 spiro atoms. The number of nitrogens with zero attached hydrogens (tertiary/aromatic N) is 4. The summed E-state index contributed by atoms with van der Waals surface area (Å²) >= 11 is 0. The third-order valence-corrected chi connectivity index (χ3v) is 8.30. The highest BCUT2D eigenvalue weighted by molar-refractivity contribution is 6.04. The molecule has 0 N–H and O–H groups in total. The van der Waals surface area contributed by atoms with Gasteiger partial charge in [0.05, 0.1) is 23.9 Å². The molecule has 1 aliphatic rings. The fourth-order valence-electron chi connectivity index (χ4n) is 6.19. The number of aromatic nitrogens is 2. The Balaban J connectivity index is 1.00. The maximum Gasteiger partial charge on any atom is 0.213 e. The fourth-order valence-corrected chi connectivity index (χ4v) is 6.19. The van der Waals surface area contributed by atoms with Crippen LogP contribution in [0, 0.1) is 0 Å². The van der Waals surface area contributed by atoms with Gasteiger partial charge in [-0.1, -0.05) is 60.7 Å². The Morgan fingerprint density at radius 2 is 0.816 bits per heavy atom. The first kappa shape index (κ1) is 23.3. The third kappa shape index (κ3) is 4.40. The molecule has 0 bridgehead atoms. The van der Waals surface area contributed by atoms with E-state index in [1.54, 1.807) is 0 Å². The average Bonchev–Trinajstić information content (AvgIpc) is 2.99. The van der Waals surface area contributed by atoms with E-state index in [-0.39, 0.29) is 0 Å². The minimum atomic E-state index is 1.02. The van der Waals surface area contributed by atoms with Crippen LogP contribution in [-0.4, -0.2) is 49.1 Å². The lowest BCUT2D eigenvalue weighted by Crippen LogP contribution is -2.51. The fraction of sp³-hybridized carbons (Fsp3) is 0.235. The van der Waals surface area contributed by atoms with Crippen LogP contribution in [-0.2, 0) is 13.1 Å². The van der Waals surface area contributed by atoms with E-state index >= 15 is 0 Å². The summed E-state index contributed by atoms with van der Waals surface area (Å²) in [6.07, 6.45) is 4.66. The molecule has 0 atom stereocenters. The largest absolute Gasteiger partial charge is 0.295 e. The number of fused-ring (bicyclic) bond motifs is 6. The summed E-state index contributed by atoms with van der Waals surface area (Å²) in [5.41, 5.74) is 2.65. The Kier molecular flexibility index (Phi) is 6.20. The molecule has 1 saturated heterocycles. The Bertz CT molecular complexity index is 1620. The van der Waals surface area contributed by atoms with E-state index in [0.29, 0.717) is 0 Å². The van der Waals surface area contributed by atoms with Gasteiger partial charge >= 0.3 is 0 Å². The number of para-hydroxylation sites is 2. The van der Waals surface area contributed by atoms with Crippen molar-refractivity contribution >= 4 is 43.4 Å². The van der Waals surface area contributed by atoms with Gasteiger partial charge in [0.15, 0.2) is 25.5 Å². The lowest BCUT2D eigenvalue weighted by atomic mass is 10.1. The van der Waals surface area contributed by atoms with Gasteiger partial charge in [0.1, 0.15) is 0 Å². The molecule has 2 aromatic heterocycles. The molecular weight excluding hydrogens is 464 g/mol. The van der Waals surface area contributed by atoms with Gasteiger partial charge in [0.25, 0.3) is 0 Å². The summed E-state index contributed by atoms with van der Waals surface area (Å²) in [6, 6.07) is 35.1. The van der Waals surface area contributed by atoms with Crippen molar-refractivity contribution in [1.82, 2.24) is 9.80 Å². The summed E-state index contributed by atoms with van der Waals surface area (Å²) in [4.78, 5) is 5.26. The average molecular weight is 499 g/mol. The maximum atomic E-state index is 2.63. The van der Waals surface area contributed by atoms with E-state index in [1.807, 2.05) is 0 Å². The Morgan fingerprint density at radius 3 is 1.26 bits per heavy atom. The van der Waals surface area contributed by atoms with Gasteiger partial charge in [0.2, 0.25) is 11.0 Å². The van der Waals surface area contributed by atoms with Crippen molar-refractivity contribution in [1.29, 1.82) is 0 Å². The summed E-state index contributed by atoms with van der Waals surface area (Å²) in [7, 11) is 0. The van der Waals surface area contributed by atoms with Gasteiger partial charge in [-0.2, -0.15) is 9.13 Å². The zero-order valence-corrected chi connectivity index (χ0v) is 21.8. The number of piperazine rings is 1. The standard InChI is InChI=1S/C34H34N4/c1-3-11-29-27(9-1)25-37(33-15-7-5-13-31(29)33)23-21-35-17-19-36(20-18-35)22-24-38-26-28-10-2-4-12-30(28)32-14-6-8-16-34(32)38/h1-16,25-26H,17-24H2/q+2. The topological polar surface area (TPSA) is 14.2 Å². The van der Waals surface area contributed by atoms with Crippen molar-refractivity contribution in [3.8, 4) is 0 Å². The highest BCUT2D eigenvalue weighted by Crippen LogP contribution is 2.23. The van der Waals surface area contributed by atoms with E-state index in [2.05, 4.69) is 128 Å². The van der Waals surface area contributed by atoms with Gasteiger partial charge in [-0.3, -0.25) is 9.80 Å². The minimum Gasteiger partial charge on any atom is -0.295 e. The van der Waals surface area contributed by atoms with Gasteiger partial charge < -0.3 is 0 Å².